The summed E-state index contributed by atoms with van der Waals surface area (Å²) in [7, 11) is -0.522. The van der Waals surface area contributed by atoms with Crippen molar-refractivity contribution in [3.8, 4) is 0 Å². The largest absolute Gasteiger partial charge is 2.00 e. The zero-order valence-electron chi connectivity index (χ0n) is 12.2. The van der Waals surface area contributed by atoms with Gasteiger partial charge in [-0.25, -0.2) is 0 Å². The number of rotatable bonds is 2. The summed E-state index contributed by atoms with van der Waals surface area (Å²) in [6.45, 7) is 9.48. The summed E-state index contributed by atoms with van der Waals surface area (Å²) in [4.78, 5) is 16.5. The minimum Gasteiger partial charge on any atom is -0.356 e. The van der Waals surface area contributed by atoms with Crippen molar-refractivity contribution in [2.24, 2.45) is 0 Å². The van der Waals surface area contributed by atoms with E-state index in [0.29, 0.717) is 0 Å². The molecule has 1 aromatic carbocycles. The van der Waals surface area contributed by atoms with Gasteiger partial charge in [-0.2, -0.15) is 0 Å². The van der Waals surface area contributed by atoms with Crippen molar-refractivity contribution in [2.75, 3.05) is 26.7 Å². The minimum absolute atomic E-state index is 0. The van der Waals surface area contributed by atoms with Gasteiger partial charge in [0.15, 0.2) is 0 Å². The van der Waals surface area contributed by atoms with E-state index < -0.39 is 10.2 Å². The van der Waals surface area contributed by atoms with Crippen LogP contribution in [0.2, 0.25) is 0 Å². The van der Waals surface area contributed by atoms with Gasteiger partial charge in [0.05, 0.1) is 36.8 Å². The van der Waals surface area contributed by atoms with Crippen molar-refractivity contribution in [1.82, 2.24) is 0 Å². The number of nitrogens with zero attached hydrogens (tertiary/aromatic N) is 2. The fraction of sp³-hybridized carbons (Fsp3) is 0.400. The van der Waals surface area contributed by atoms with Crippen LogP contribution in [0.4, 0.5) is 0 Å². The first kappa shape index (κ1) is 25.4. The van der Waals surface area contributed by atoms with Gasteiger partial charge in [0, 0.05) is 15.8 Å². The van der Waals surface area contributed by atoms with Crippen LogP contribution in [0.3, 0.4) is 0 Å². The molecule has 8 nitrogen and oxygen atoms in total. The van der Waals surface area contributed by atoms with Crippen LogP contribution >= 0.6 is 15.8 Å². The molecule has 0 amide bonds. The average Bonchev–Trinajstić information content (AvgIpc) is 2.27. The first-order valence-corrected chi connectivity index (χ1v) is 10.4. The first-order valence-electron chi connectivity index (χ1n) is 5.42. The third kappa shape index (κ3) is 17.4. The Morgan fingerprint density at radius 2 is 0.952 bits per heavy atom. The Kier molecular flexibility index (Phi) is 17.3. The molecular weight excluding hydrogens is 513 g/mol. The van der Waals surface area contributed by atoms with Crippen LogP contribution in [0.15, 0.2) is 24.3 Å². The van der Waals surface area contributed by atoms with Crippen molar-refractivity contribution in [1.29, 1.82) is 0 Å². The van der Waals surface area contributed by atoms with Crippen molar-refractivity contribution in [3.05, 3.63) is 54.9 Å². The second kappa shape index (κ2) is 14.3. The first-order chi connectivity index (χ1) is 9.09. The van der Waals surface area contributed by atoms with E-state index in [4.69, 9.17) is 30.6 Å². The minimum atomic E-state index is -1.75. The summed E-state index contributed by atoms with van der Waals surface area (Å²) in [6.07, 6.45) is 0. The van der Waals surface area contributed by atoms with Gasteiger partial charge in [-0.1, -0.05) is 12.1 Å². The van der Waals surface area contributed by atoms with Crippen molar-refractivity contribution in [2.45, 2.75) is 0 Å². The van der Waals surface area contributed by atoms with E-state index in [9.17, 15) is 0 Å². The topological polar surface area (TPSA) is 132 Å². The summed E-state index contributed by atoms with van der Waals surface area (Å²) in [5.74, 6) is 0. The fourth-order valence-electron chi connectivity index (χ4n) is 1.36. The molecule has 116 valence electrons. The SMILES string of the molecule is C[PH+](C)c1ccccc1[PH+](C)C.O=[N+]([O-])[O-].O=[N+]([O-])[O-].[Pb+2]. The Morgan fingerprint density at radius 3 is 1.10 bits per heavy atom. The van der Waals surface area contributed by atoms with E-state index in [0.717, 1.165) is 0 Å². The van der Waals surface area contributed by atoms with Crippen LogP contribution in [0.5, 0.6) is 0 Å². The predicted octanol–water partition coefficient (Wildman–Crippen LogP) is 1.03. The maximum Gasteiger partial charge on any atom is 2.00 e. The van der Waals surface area contributed by atoms with Crippen molar-refractivity contribution in [3.63, 3.8) is 0 Å². The van der Waals surface area contributed by atoms with Crippen molar-refractivity contribution >= 4 is 53.8 Å². The smallest absolute Gasteiger partial charge is 0.356 e. The molecule has 0 saturated carbocycles. The zero-order valence-corrected chi connectivity index (χ0v) is 18.0. The van der Waals surface area contributed by atoms with Crippen LogP contribution in [0, 0.1) is 30.6 Å². The maximum atomic E-state index is 8.25. The summed E-state index contributed by atoms with van der Waals surface area (Å²) in [5, 5.41) is 32.8. The zero-order chi connectivity index (χ0) is 16.3. The molecule has 0 N–H and O–H groups in total. The standard InChI is InChI=1S/C10H16P2.2NO3.Pb/c1-11(2)9-7-5-6-8-10(9)12(3)4;2*2-1(3)4;/h5-8H,1-4H3;;;/q;2*-1;+2/p+2. The molecule has 0 unspecified atom stereocenters. The molecule has 2 radical (unpaired) electrons. The normalized spacial score (nSPS) is 8.67. The second-order valence-electron chi connectivity index (χ2n) is 3.99. The quantitative estimate of drug-likeness (QED) is 0.242. The van der Waals surface area contributed by atoms with Crippen LogP contribution in [0.1, 0.15) is 0 Å². The van der Waals surface area contributed by atoms with Gasteiger partial charge in [-0.15, -0.1) is 0 Å². The monoisotopic (exact) mass is 532 g/mol. The van der Waals surface area contributed by atoms with E-state index in [1.807, 2.05) is 0 Å². The summed E-state index contributed by atoms with van der Waals surface area (Å²) in [5.41, 5.74) is 0. The summed E-state index contributed by atoms with van der Waals surface area (Å²) in [6, 6.07) is 8.95. The van der Waals surface area contributed by atoms with Gasteiger partial charge in [0.25, 0.3) is 0 Å². The van der Waals surface area contributed by atoms with Crippen LogP contribution in [0.25, 0.3) is 0 Å². The van der Waals surface area contributed by atoms with Gasteiger partial charge in [-0.3, -0.25) is 0 Å². The molecule has 0 spiro atoms. The van der Waals surface area contributed by atoms with Gasteiger partial charge in [0.1, 0.15) is 10.6 Å². The molecule has 0 saturated heterocycles. The van der Waals surface area contributed by atoms with E-state index in [2.05, 4.69) is 50.9 Å². The molecule has 0 fully saturated rings. The van der Waals surface area contributed by atoms with Crippen LogP contribution in [-0.4, -0.2) is 64.1 Å². The predicted molar refractivity (Wildman–Crippen MR) is 92.5 cm³/mol. The van der Waals surface area contributed by atoms with E-state index in [1.165, 1.54) is 0 Å². The fourth-order valence-corrected chi connectivity index (χ4v) is 4.96. The molecule has 21 heavy (non-hydrogen) atoms. The molecule has 0 heterocycles. The molecule has 0 bridgehead atoms. The number of hydrogen-bond donors (Lipinski definition) is 0. The van der Waals surface area contributed by atoms with E-state index >= 15 is 0 Å². The Morgan fingerprint density at radius 1 is 0.762 bits per heavy atom. The third-order valence-corrected chi connectivity index (χ3v) is 5.28. The molecule has 0 aliphatic rings. The summed E-state index contributed by atoms with van der Waals surface area (Å²) < 4.78 is 0. The van der Waals surface area contributed by atoms with Crippen LogP contribution in [-0.2, 0) is 0 Å². The molecule has 0 aliphatic heterocycles. The third-order valence-electron chi connectivity index (χ3n) is 2.00. The van der Waals surface area contributed by atoms with E-state index in [-0.39, 0.29) is 43.1 Å². The Labute approximate surface area is 145 Å². The summed E-state index contributed by atoms with van der Waals surface area (Å²) >= 11 is 0. The maximum absolute atomic E-state index is 8.25. The van der Waals surface area contributed by atoms with E-state index in [1.54, 1.807) is 10.6 Å². The van der Waals surface area contributed by atoms with Crippen molar-refractivity contribution < 1.29 is 10.2 Å². The number of benzene rings is 1. The van der Waals surface area contributed by atoms with Gasteiger partial charge < -0.3 is 30.6 Å². The second-order valence-corrected chi connectivity index (χ2v) is 9.07. The Balaban J connectivity index is -0.000000304. The van der Waals surface area contributed by atoms with Gasteiger partial charge >= 0.3 is 27.3 Å². The number of hydrogen-bond acceptors (Lipinski definition) is 6. The molecular formula is C10H18N2O6P2Pb+2. The molecule has 0 aromatic heterocycles. The van der Waals surface area contributed by atoms with Crippen LogP contribution < -0.4 is 10.6 Å². The van der Waals surface area contributed by atoms with Gasteiger partial charge in [-0.05, 0) is 12.1 Å². The molecule has 1 rings (SSSR count). The van der Waals surface area contributed by atoms with Gasteiger partial charge in [0.2, 0.25) is 0 Å². The molecule has 0 atom stereocenters. The molecule has 1 aromatic rings. The molecule has 11 heteroatoms. The average molecular weight is 531 g/mol. The molecule has 0 aliphatic carbocycles. The Bertz CT molecular complexity index is 387. The Hall–Kier alpha value is -0.598.